The van der Waals surface area contributed by atoms with E-state index in [4.69, 9.17) is 24.4 Å². The molecule has 1 saturated heterocycles. The summed E-state index contributed by atoms with van der Waals surface area (Å²) in [4.78, 5) is 0. The fourth-order valence-electron chi connectivity index (χ4n) is 4.49. The number of H-pyrrole nitrogens is 1. The van der Waals surface area contributed by atoms with Crippen molar-refractivity contribution < 1.29 is 44.8 Å². The largest absolute Gasteiger partial charge is 0.494 e. The Morgan fingerprint density at radius 1 is 1.03 bits per heavy atom. The maximum Gasteiger partial charge on any atom is 0.238 e. The van der Waals surface area contributed by atoms with Crippen LogP contribution in [-0.2, 0) is 11.2 Å². The van der Waals surface area contributed by atoms with Crippen LogP contribution >= 0.6 is 0 Å². The molecule has 1 aromatic heterocycles. The molecular weight excluding hydrogens is 496 g/mol. The lowest BCUT2D eigenvalue weighted by Crippen LogP contribution is -2.60. The zero-order valence-corrected chi connectivity index (χ0v) is 22.3. The Balaban J connectivity index is 1.68. The van der Waals surface area contributed by atoms with Crippen molar-refractivity contribution in [1.29, 1.82) is 0 Å². The molecule has 1 aliphatic heterocycles. The first-order chi connectivity index (χ1) is 18.2. The highest BCUT2D eigenvalue weighted by molar-refractivity contribution is 5.42. The van der Waals surface area contributed by atoms with Crippen LogP contribution in [-0.4, -0.2) is 98.0 Å². The number of aryl methyl sites for hydroxylation is 1. The normalized spacial score (nSPS) is 23.8. The van der Waals surface area contributed by atoms with Crippen LogP contribution < -0.4 is 9.47 Å². The predicted molar refractivity (Wildman–Crippen MR) is 138 cm³/mol. The van der Waals surface area contributed by atoms with Gasteiger partial charge in [-0.25, -0.2) is 0 Å². The highest BCUT2D eigenvalue weighted by atomic mass is 16.7. The first kappa shape index (κ1) is 30.3. The van der Waals surface area contributed by atoms with Crippen molar-refractivity contribution in [3.63, 3.8) is 0 Å². The molecular formula is C27H42N2O9. The van der Waals surface area contributed by atoms with E-state index in [1.54, 1.807) is 0 Å². The number of benzene rings is 1. The Labute approximate surface area is 223 Å². The number of aromatic nitrogens is 2. The molecule has 0 spiro atoms. The van der Waals surface area contributed by atoms with E-state index < -0.39 is 37.3 Å². The maximum atomic E-state index is 10.4. The number of nitrogens with one attached hydrogen (secondary N) is 1. The molecule has 0 amide bonds. The zero-order valence-electron chi connectivity index (χ0n) is 22.3. The van der Waals surface area contributed by atoms with Crippen molar-refractivity contribution in [2.45, 2.75) is 83.1 Å². The number of hydrogen-bond acceptors (Lipinski definition) is 10. The molecule has 5 atom stereocenters. The Kier molecular flexibility index (Phi) is 11.3. The monoisotopic (exact) mass is 538 g/mol. The standard InChI is InChI=1S/C27H42N2O9/c1-15(2)22-20(26(29-28-22)38-27-25(35)24(34)23(33)21(14-32)37-27)11-18-7-8-19(10-16(18)3)36-9-5-4-6-17(12-30)13-31/h7-8,10,15,17,21,23-25,27,30-35H,4-6,9,11-14H2,1-3H3,(H,28,29)/t21-,23+,24+,25-,27+/m1/s1. The van der Waals surface area contributed by atoms with E-state index in [1.807, 2.05) is 39.0 Å². The summed E-state index contributed by atoms with van der Waals surface area (Å²) >= 11 is 0. The molecule has 0 radical (unpaired) electrons. The van der Waals surface area contributed by atoms with Gasteiger partial charge in [-0.05, 0) is 55.4 Å². The number of aliphatic hydroxyl groups excluding tert-OH is 6. The summed E-state index contributed by atoms with van der Waals surface area (Å²) in [6.07, 6.45) is -4.03. The first-order valence-corrected chi connectivity index (χ1v) is 13.2. The molecule has 1 aliphatic rings. The number of nitrogens with zero attached hydrogens (tertiary/aromatic N) is 1. The van der Waals surface area contributed by atoms with Gasteiger partial charge in [0.1, 0.15) is 30.2 Å². The molecule has 0 bridgehead atoms. The van der Waals surface area contributed by atoms with Crippen LogP contribution in [0.3, 0.4) is 0 Å². The third kappa shape index (κ3) is 7.44. The second-order valence-electron chi connectivity index (χ2n) is 10.2. The quantitative estimate of drug-likeness (QED) is 0.170. The number of hydrogen-bond donors (Lipinski definition) is 7. The van der Waals surface area contributed by atoms with Gasteiger partial charge < -0.3 is 44.8 Å². The van der Waals surface area contributed by atoms with Crippen molar-refractivity contribution in [1.82, 2.24) is 10.2 Å². The van der Waals surface area contributed by atoms with Crippen molar-refractivity contribution >= 4 is 0 Å². The minimum atomic E-state index is -1.54. The summed E-state index contributed by atoms with van der Waals surface area (Å²) in [5, 5.41) is 65.6. The van der Waals surface area contributed by atoms with Gasteiger partial charge in [-0.15, -0.1) is 5.10 Å². The van der Waals surface area contributed by atoms with Crippen molar-refractivity contribution in [2.75, 3.05) is 26.4 Å². The fourth-order valence-corrected chi connectivity index (χ4v) is 4.49. The zero-order chi connectivity index (χ0) is 27.8. The number of ether oxygens (including phenoxy) is 3. The van der Waals surface area contributed by atoms with E-state index in [2.05, 4.69) is 10.2 Å². The Bertz CT molecular complexity index is 993. The van der Waals surface area contributed by atoms with Gasteiger partial charge in [-0.1, -0.05) is 19.9 Å². The lowest BCUT2D eigenvalue weighted by atomic mass is 9.96. The van der Waals surface area contributed by atoms with Crippen LogP contribution in [0.1, 0.15) is 61.4 Å². The topological polar surface area (TPSA) is 178 Å². The smallest absolute Gasteiger partial charge is 0.238 e. The number of aromatic amines is 1. The van der Waals surface area contributed by atoms with Crippen molar-refractivity contribution in [3.8, 4) is 11.6 Å². The van der Waals surface area contributed by atoms with Gasteiger partial charge in [0.2, 0.25) is 12.2 Å². The van der Waals surface area contributed by atoms with E-state index in [0.717, 1.165) is 47.4 Å². The summed E-state index contributed by atoms with van der Waals surface area (Å²) in [5.74, 6) is 0.983. The summed E-state index contributed by atoms with van der Waals surface area (Å²) in [7, 11) is 0. The molecule has 38 heavy (non-hydrogen) atoms. The summed E-state index contributed by atoms with van der Waals surface area (Å²) < 4.78 is 17.3. The van der Waals surface area contributed by atoms with Crippen molar-refractivity contribution in [3.05, 3.63) is 40.6 Å². The molecule has 0 saturated carbocycles. The first-order valence-electron chi connectivity index (χ1n) is 13.2. The average Bonchev–Trinajstić information content (AvgIpc) is 3.30. The van der Waals surface area contributed by atoms with Gasteiger partial charge in [0.25, 0.3) is 0 Å². The molecule has 0 unspecified atom stereocenters. The van der Waals surface area contributed by atoms with Crippen LogP contribution in [0.2, 0.25) is 0 Å². The maximum absolute atomic E-state index is 10.4. The van der Waals surface area contributed by atoms with E-state index in [1.165, 1.54) is 0 Å². The number of unbranched alkanes of at least 4 members (excludes halogenated alkanes) is 1. The molecule has 11 heteroatoms. The second kappa shape index (κ2) is 14.2. The fraction of sp³-hybridized carbons (Fsp3) is 0.667. The highest BCUT2D eigenvalue weighted by Crippen LogP contribution is 2.32. The molecule has 0 aliphatic carbocycles. The van der Waals surface area contributed by atoms with Gasteiger partial charge in [-0.3, -0.25) is 5.10 Å². The third-order valence-corrected chi connectivity index (χ3v) is 6.99. The Hall–Kier alpha value is -2.25. The molecule has 1 fully saturated rings. The second-order valence-corrected chi connectivity index (χ2v) is 10.2. The van der Waals surface area contributed by atoms with Gasteiger partial charge >= 0.3 is 0 Å². The average molecular weight is 539 g/mol. The molecule has 3 rings (SSSR count). The summed E-state index contributed by atoms with van der Waals surface area (Å²) in [5.41, 5.74) is 3.66. The van der Waals surface area contributed by atoms with Crippen LogP contribution in [0.4, 0.5) is 0 Å². The van der Waals surface area contributed by atoms with Crippen LogP contribution in [0, 0.1) is 12.8 Å². The van der Waals surface area contributed by atoms with Crippen molar-refractivity contribution in [2.24, 2.45) is 5.92 Å². The van der Waals surface area contributed by atoms with E-state index in [-0.39, 0.29) is 30.9 Å². The van der Waals surface area contributed by atoms with E-state index >= 15 is 0 Å². The Morgan fingerprint density at radius 2 is 1.76 bits per heavy atom. The lowest BCUT2D eigenvalue weighted by Gasteiger charge is -2.39. The molecule has 1 aromatic carbocycles. The van der Waals surface area contributed by atoms with Gasteiger partial charge in [0.15, 0.2) is 0 Å². The summed E-state index contributed by atoms with van der Waals surface area (Å²) in [6, 6.07) is 5.85. The lowest BCUT2D eigenvalue weighted by molar-refractivity contribution is -0.278. The molecule has 2 aromatic rings. The van der Waals surface area contributed by atoms with E-state index in [9.17, 15) is 20.4 Å². The summed E-state index contributed by atoms with van der Waals surface area (Å²) in [6.45, 7) is 5.99. The van der Waals surface area contributed by atoms with Crippen LogP contribution in [0.15, 0.2) is 18.2 Å². The van der Waals surface area contributed by atoms with E-state index in [0.29, 0.717) is 13.0 Å². The molecule has 214 valence electrons. The molecule has 2 heterocycles. The van der Waals surface area contributed by atoms with Gasteiger partial charge in [0.05, 0.1) is 13.2 Å². The highest BCUT2D eigenvalue weighted by Gasteiger charge is 2.45. The number of rotatable bonds is 14. The Morgan fingerprint density at radius 3 is 2.39 bits per heavy atom. The molecule has 7 N–H and O–H groups in total. The van der Waals surface area contributed by atoms with Gasteiger partial charge in [0, 0.05) is 36.8 Å². The third-order valence-electron chi connectivity index (χ3n) is 6.99. The SMILES string of the molecule is Cc1cc(OCCCCC(CO)CO)ccc1Cc1c(O[C@@H]2O[C@H](CO)[C@H](O)[C@H](O)[C@H]2O)n[nH]c1C(C)C. The van der Waals surface area contributed by atoms with Crippen LogP contribution in [0.25, 0.3) is 0 Å². The molecule has 11 nitrogen and oxygen atoms in total. The van der Waals surface area contributed by atoms with Crippen LogP contribution in [0.5, 0.6) is 11.6 Å². The number of aliphatic hydroxyl groups is 6. The predicted octanol–water partition coefficient (Wildman–Crippen LogP) is 0.761. The van der Waals surface area contributed by atoms with Gasteiger partial charge in [-0.2, -0.15) is 0 Å². The minimum Gasteiger partial charge on any atom is -0.494 e. The minimum absolute atomic E-state index is 0.0114.